The monoisotopic (exact) mass is 468 g/mol. The average molecular weight is 469 g/mol. The van der Waals surface area contributed by atoms with Crippen molar-refractivity contribution in [1.29, 1.82) is 0 Å². The Balaban J connectivity index is 1.67. The highest BCUT2D eigenvalue weighted by molar-refractivity contribution is 7.92. The van der Waals surface area contributed by atoms with Crippen LogP contribution in [-0.4, -0.2) is 27.5 Å². The number of ether oxygens (including phenoxy) is 2. The number of aryl methyl sites for hydroxylation is 2. The molecule has 0 aromatic heterocycles. The first kappa shape index (κ1) is 24.1. The van der Waals surface area contributed by atoms with Gasteiger partial charge in [-0.3, -0.25) is 9.52 Å². The number of benzene rings is 3. The van der Waals surface area contributed by atoms with Crippen LogP contribution in [0, 0.1) is 13.8 Å². The second-order valence-corrected chi connectivity index (χ2v) is 9.26. The summed E-state index contributed by atoms with van der Waals surface area (Å²) in [7, 11) is -2.19. The van der Waals surface area contributed by atoms with Crippen molar-refractivity contribution in [2.75, 3.05) is 17.1 Å². The van der Waals surface area contributed by atoms with Crippen molar-refractivity contribution in [3.05, 3.63) is 77.9 Å². The quantitative estimate of drug-likeness (QED) is 0.465. The number of nitrogens with one attached hydrogen (secondary N) is 2. The number of rotatable bonds is 9. The van der Waals surface area contributed by atoms with Crippen LogP contribution in [0.25, 0.3) is 0 Å². The zero-order valence-corrected chi connectivity index (χ0v) is 19.9. The van der Waals surface area contributed by atoms with E-state index in [1.807, 2.05) is 39.0 Å². The third kappa shape index (κ3) is 6.04. The molecule has 3 rings (SSSR count). The first-order chi connectivity index (χ1) is 15.7. The van der Waals surface area contributed by atoms with Crippen LogP contribution in [0.4, 0.5) is 11.4 Å². The molecule has 0 aliphatic rings. The lowest BCUT2D eigenvalue weighted by Gasteiger charge is -2.18. The highest BCUT2D eigenvalue weighted by Gasteiger charge is 2.20. The predicted octanol–water partition coefficient (Wildman–Crippen LogP) is 4.91. The molecule has 0 aliphatic carbocycles. The van der Waals surface area contributed by atoms with Gasteiger partial charge in [-0.05, 0) is 79.9 Å². The SMILES string of the molecule is CC[C@@H](Oc1ccc(OC)cc1)C(=O)Nc1ccc(S(=O)(=O)Nc2c(C)cccc2C)cc1. The molecule has 0 saturated heterocycles. The molecule has 0 heterocycles. The van der Waals surface area contributed by atoms with E-state index in [9.17, 15) is 13.2 Å². The summed E-state index contributed by atoms with van der Waals surface area (Å²) in [5, 5.41) is 2.78. The predicted molar refractivity (Wildman–Crippen MR) is 129 cm³/mol. The highest BCUT2D eigenvalue weighted by Crippen LogP contribution is 2.24. The van der Waals surface area contributed by atoms with Gasteiger partial charge in [0.05, 0.1) is 17.7 Å². The van der Waals surface area contributed by atoms with Crippen molar-refractivity contribution >= 4 is 27.3 Å². The fourth-order valence-electron chi connectivity index (χ4n) is 3.25. The second-order valence-electron chi connectivity index (χ2n) is 7.58. The Bertz CT molecular complexity index is 1190. The lowest BCUT2D eigenvalue weighted by Crippen LogP contribution is -2.32. The number of para-hydroxylation sites is 1. The number of hydrogen-bond donors (Lipinski definition) is 2. The number of carbonyl (C=O) groups excluding carboxylic acids is 1. The molecule has 0 spiro atoms. The molecule has 0 saturated carbocycles. The number of methoxy groups -OCH3 is 1. The van der Waals surface area contributed by atoms with Crippen molar-refractivity contribution in [3.63, 3.8) is 0 Å². The van der Waals surface area contributed by atoms with E-state index in [0.29, 0.717) is 29.3 Å². The topological polar surface area (TPSA) is 93.7 Å². The molecule has 7 nitrogen and oxygen atoms in total. The van der Waals surface area contributed by atoms with E-state index in [0.717, 1.165) is 11.1 Å². The van der Waals surface area contributed by atoms with Gasteiger partial charge in [-0.1, -0.05) is 25.1 Å². The van der Waals surface area contributed by atoms with Crippen molar-refractivity contribution in [1.82, 2.24) is 0 Å². The van der Waals surface area contributed by atoms with Crippen LogP contribution in [-0.2, 0) is 14.8 Å². The molecule has 3 aromatic carbocycles. The molecular formula is C25H28N2O5S. The summed E-state index contributed by atoms with van der Waals surface area (Å²) >= 11 is 0. The van der Waals surface area contributed by atoms with E-state index in [2.05, 4.69) is 10.0 Å². The van der Waals surface area contributed by atoms with Gasteiger partial charge in [0.2, 0.25) is 0 Å². The Morgan fingerprint density at radius 2 is 1.48 bits per heavy atom. The maximum absolute atomic E-state index is 12.8. The van der Waals surface area contributed by atoms with E-state index >= 15 is 0 Å². The largest absolute Gasteiger partial charge is 0.497 e. The molecular weight excluding hydrogens is 440 g/mol. The Morgan fingerprint density at radius 1 is 0.909 bits per heavy atom. The van der Waals surface area contributed by atoms with Crippen LogP contribution in [0.1, 0.15) is 24.5 Å². The van der Waals surface area contributed by atoms with Crippen molar-refractivity contribution in [2.24, 2.45) is 0 Å². The van der Waals surface area contributed by atoms with Crippen LogP contribution < -0.4 is 19.5 Å². The van der Waals surface area contributed by atoms with Crippen LogP contribution in [0.5, 0.6) is 11.5 Å². The number of hydrogen-bond acceptors (Lipinski definition) is 5. The standard InChI is InChI=1S/C25H28N2O5S/c1-5-23(32-21-13-11-20(31-4)12-14-21)25(28)26-19-9-15-22(16-10-19)33(29,30)27-24-17(2)7-6-8-18(24)3/h6-16,23,27H,5H2,1-4H3,(H,26,28)/t23-/m1/s1. The van der Waals surface area contributed by atoms with Crippen LogP contribution in [0.3, 0.4) is 0 Å². The van der Waals surface area contributed by atoms with Crippen LogP contribution in [0.2, 0.25) is 0 Å². The summed E-state index contributed by atoms with van der Waals surface area (Å²) < 4.78 is 39.2. The zero-order chi connectivity index (χ0) is 24.0. The third-order valence-electron chi connectivity index (χ3n) is 5.15. The highest BCUT2D eigenvalue weighted by atomic mass is 32.2. The van der Waals surface area contributed by atoms with Crippen molar-refractivity contribution in [3.8, 4) is 11.5 Å². The molecule has 2 N–H and O–H groups in total. The Morgan fingerprint density at radius 3 is 2.03 bits per heavy atom. The fraction of sp³-hybridized carbons (Fsp3) is 0.240. The van der Waals surface area contributed by atoms with Crippen LogP contribution in [0.15, 0.2) is 71.6 Å². The lowest BCUT2D eigenvalue weighted by molar-refractivity contribution is -0.122. The molecule has 0 fully saturated rings. The first-order valence-electron chi connectivity index (χ1n) is 10.5. The number of sulfonamides is 1. The molecule has 0 aliphatic heterocycles. The van der Waals surface area contributed by atoms with Gasteiger partial charge in [0.1, 0.15) is 11.5 Å². The zero-order valence-electron chi connectivity index (χ0n) is 19.1. The molecule has 174 valence electrons. The van der Waals surface area contributed by atoms with Gasteiger partial charge in [0, 0.05) is 5.69 Å². The Hall–Kier alpha value is -3.52. The normalized spacial score (nSPS) is 12.0. The summed E-state index contributed by atoms with van der Waals surface area (Å²) in [6.07, 6.45) is -0.239. The average Bonchev–Trinajstić information content (AvgIpc) is 2.80. The van der Waals surface area contributed by atoms with Gasteiger partial charge < -0.3 is 14.8 Å². The van der Waals surface area contributed by atoms with Crippen molar-refractivity contribution < 1.29 is 22.7 Å². The Labute approximate surface area is 194 Å². The van der Waals surface area contributed by atoms with Gasteiger partial charge >= 0.3 is 0 Å². The molecule has 1 amide bonds. The van der Waals surface area contributed by atoms with E-state index in [1.165, 1.54) is 12.1 Å². The van der Waals surface area contributed by atoms with Gasteiger partial charge in [-0.25, -0.2) is 8.42 Å². The molecule has 0 unspecified atom stereocenters. The van der Waals surface area contributed by atoms with E-state index < -0.39 is 16.1 Å². The number of anilines is 2. The molecule has 0 radical (unpaired) electrons. The molecule has 33 heavy (non-hydrogen) atoms. The van der Waals surface area contributed by atoms with Crippen molar-refractivity contribution in [2.45, 2.75) is 38.2 Å². The molecule has 8 heteroatoms. The maximum atomic E-state index is 12.8. The van der Waals surface area contributed by atoms with Crippen LogP contribution >= 0.6 is 0 Å². The van der Waals surface area contributed by atoms with Gasteiger partial charge in [-0.2, -0.15) is 0 Å². The minimum atomic E-state index is -3.77. The third-order valence-corrected chi connectivity index (χ3v) is 6.52. The Kier molecular flexibility index (Phi) is 7.60. The first-order valence-corrected chi connectivity index (χ1v) is 12.0. The second kappa shape index (κ2) is 10.4. The number of amides is 1. The fourth-order valence-corrected chi connectivity index (χ4v) is 4.45. The smallest absolute Gasteiger partial charge is 0.265 e. The van der Waals surface area contributed by atoms with Gasteiger partial charge in [0.15, 0.2) is 6.10 Å². The van der Waals surface area contributed by atoms with E-state index in [1.54, 1.807) is 43.5 Å². The summed E-state index contributed by atoms with van der Waals surface area (Å²) in [6, 6.07) is 18.6. The summed E-state index contributed by atoms with van der Waals surface area (Å²) in [6.45, 7) is 5.55. The summed E-state index contributed by atoms with van der Waals surface area (Å²) in [4.78, 5) is 12.8. The minimum Gasteiger partial charge on any atom is -0.497 e. The van der Waals surface area contributed by atoms with E-state index in [4.69, 9.17) is 9.47 Å². The van der Waals surface area contributed by atoms with Gasteiger partial charge in [-0.15, -0.1) is 0 Å². The summed E-state index contributed by atoms with van der Waals surface area (Å²) in [5.41, 5.74) is 2.72. The van der Waals surface area contributed by atoms with Gasteiger partial charge in [0.25, 0.3) is 15.9 Å². The maximum Gasteiger partial charge on any atom is 0.265 e. The summed E-state index contributed by atoms with van der Waals surface area (Å²) in [5.74, 6) is 0.927. The lowest BCUT2D eigenvalue weighted by atomic mass is 10.1. The molecule has 1 atom stereocenters. The number of carbonyl (C=O) groups is 1. The van der Waals surface area contributed by atoms with E-state index in [-0.39, 0.29) is 10.8 Å². The molecule has 0 bridgehead atoms. The molecule has 3 aromatic rings. The minimum absolute atomic E-state index is 0.102.